The molecule has 0 heterocycles. The summed E-state index contributed by atoms with van der Waals surface area (Å²) in [5.74, 6) is 1.07. The number of aromatic hydroxyl groups is 1. The van der Waals surface area contributed by atoms with Crippen LogP contribution >= 0.6 is 0 Å². The third-order valence-corrected chi connectivity index (χ3v) is 3.50. The first-order chi connectivity index (χ1) is 8.95. The number of hydrogen-bond donors (Lipinski definition) is 2. The lowest BCUT2D eigenvalue weighted by molar-refractivity contribution is 0.269. The summed E-state index contributed by atoms with van der Waals surface area (Å²) in [7, 11) is 3.74. The monoisotopic (exact) mass is 266 g/mol. The van der Waals surface area contributed by atoms with Crippen LogP contribution < -0.4 is 10.1 Å². The summed E-state index contributed by atoms with van der Waals surface area (Å²) in [5, 5.41) is 13.3. The minimum absolute atomic E-state index is 0.0932. The van der Waals surface area contributed by atoms with Crippen LogP contribution in [-0.2, 0) is 0 Å². The predicted octanol–water partition coefficient (Wildman–Crippen LogP) is 2.39. The Bertz CT molecular complexity index is 394. The Balaban J connectivity index is 2.55. The van der Waals surface area contributed by atoms with Gasteiger partial charge in [-0.1, -0.05) is 0 Å². The van der Waals surface area contributed by atoms with Crippen LogP contribution in [-0.4, -0.2) is 43.3 Å². The van der Waals surface area contributed by atoms with E-state index in [1.165, 1.54) is 0 Å². The molecule has 0 aliphatic heterocycles. The molecule has 0 saturated carbocycles. The fraction of sp³-hybridized carbons (Fsp3) is 0.600. The molecule has 0 bridgehead atoms. The van der Waals surface area contributed by atoms with Gasteiger partial charge in [0.25, 0.3) is 0 Å². The van der Waals surface area contributed by atoms with Crippen LogP contribution in [0.5, 0.6) is 11.5 Å². The van der Waals surface area contributed by atoms with Gasteiger partial charge in [-0.15, -0.1) is 0 Å². The van der Waals surface area contributed by atoms with Crippen molar-refractivity contribution in [2.45, 2.75) is 32.9 Å². The van der Waals surface area contributed by atoms with E-state index in [-0.39, 0.29) is 6.04 Å². The van der Waals surface area contributed by atoms with E-state index in [4.69, 9.17) is 4.74 Å². The number of nitrogens with one attached hydrogen (secondary N) is 1. The van der Waals surface area contributed by atoms with Crippen LogP contribution in [0.25, 0.3) is 0 Å². The van der Waals surface area contributed by atoms with Gasteiger partial charge in [-0.25, -0.2) is 0 Å². The largest absolute Gasteiger partial charge is 0.508 e. The number of benzene rings is 1. The second-order valence-corrected chi connectivity index (χ2v) is 5.17. The number of ether oxygens (including phenoxy) is 1. The van der Waals surface area contributed by atoms with Crippen molar-refractivity contribution in [2.24, 2.45) is 0 Å². The Kier molecular flexibility index (Phi) is 6.12. The molecule has 0 saturated heterocycles. The molecular formula is C15H26N2O2. The molecule has 0 aliphatic rings. The molecular weight excluding hydrogens is 240 g/mol. The molecule has 0 fully saturated rings. The second-order valence-electron chi connectivity index (χ2n) is 5.17. The van der Waals surface area contributed by atoms with E-state index in [9.17, 15) is 5.11 Å². The molecule has 4 heteroatoms. The number of likely N-dealkylation sites (N-methyl/N-ethyl adjacent to an activating group) is 1. The van der Waals surface area contributed by atoms with Gasteiger partial charge in [-0.05, 0) is 46.0 Å². The van der Waals surface area contributed by atoms with Crippen molar-refractivity contribution in [1.29, 1.82) is 0 Å². The minimum atomic E-state index is 0.0932. The van der Waals surface area contributed by atoms with Gasteiger partial charge < -0.3 is 20.1 Å². The van der Waals surface area contributed by atoms with Gasteiger partial charge in [0.1, 0.15) is 11.5 Å². The van der Waals surface area contributed by atoms with E-state index in [1.54, 1.807) is 19.2 Å². The van der Waals surface area contributed by atoms with Gasteiger partial charge >= 0.3 is 0 Å². The summed E-state index contributed by atoms with van der Waals surface area (Å²) in [4.78, 5) is 2.28. The maximum absolute atomic E-state index is 9.89. The number of phenols is 1. The Morgan fingerprint density at radius 2 is 2.00 bits per heavy atom. The lowest BCUT2D eigenvalue weighted by Crippen LogP contribution is -2.34. The van der Waals surface area contributed by atoms with Gasteiger partial charge in [0.2, 0.25) is 0 Å². The SMILES string of the molecule is COc1ccc(O)c(C(C)NCCN(C)C(C)C)c1. The average Bonchev–Trinajstić information content (AvgIpc) is 2.38. The van der Waals surface area contributed by atoms with Crippen LogP contribution in [0.3, 0.4) is 0 Å². The standard InChI is InChI=1S/C15H26N2O2/c1-11(2)17(4)9-8-16-12(3)14-10-13(19-5)6-7-15(14)18/h6-7,10-12,16,18H,8-9H2,1-5H3. The quantitative estimate of drug-likeness (QED) is 0.795. The fourth-order valence-corrected chi connectivity index (χ4v) is 1.83. The van der Waals surface area contributed by atoms with Gasteiger partial charge in [0.05, 0.1) is 7.11 Å². The Hall–Kier alpha value is -1.26. The van der Waals surface area contributed by atoms with Crippen molar-refractivity contribution < 1.29 is 9.84 Å². The third kappa shape index (κ3) is 4.73. The summed E-state index contributed by atoms with van der Waals surface area (Å²) < 4.78 is 5.19. The first kappa shape index (κ1) is 15.8. The highest BCUT2D eigenvalue weighted by Gasteiger charge is 2.11. The van der Waals surface area contributed by atoms with Gasteiger partial charge in [-0.2, -0.15) is 0 Å². The first-order valence-corrected chi connectivity index (χ1v) is 6.76. The van der Waals surface area contributed by atoms with E-state index in [2.05, 4.69) is 31.1 Å². The summed E-state index contributed by atoms with van der Waals surface area (Å²) in [6.45, 7) is 8.26. The Labute approximate surface area is 116 Å². The lowest BCUT2D eigenvalue weighted by Gasteiger charge is -2.23. The molecule has 0 radical (unpaired) electrons. The lowest BCUT2D eigenvalue weighted by atomic mass is 10.1. The van der Waals surface area contributed by atoms with Gasteiger partial charge in [-0.3, -0.25) is 0 Å². The van der Waals surface area contributed by atoms with Crippen LogP contribution in [0.2, 0.25) is 0 Å². The summed E-state index contributed by atoms with van der Waals surface area (Å²) in [6.07, 6.45) is 0. The molecule has 1 atom stereocenters. The highest BCUT2D eigenvalue weighted by atomic mass is 16.5. The van der Waals surface area contributed by atoms with E-state index in [0.717, 1.165) is 24.4 Å². The fourth-order valence-electron chi connectivity index (χ4n) is 1.83. The van der Waals surface area contributed by atoms with E-state index in [0.29, 0.717) is 11.8 Å². The van der Waals surface area contributed by atoms with Crippen molar-refractivity contribution in [2.75, 3.05) is 27.2 Å². The molecule has 19 heavy (non-hydrogen) atoms. The van der Waals surface area contributed by atoms with Crippen LogP contribution in [0.4, 0.5) is 0 Å². The normalized spacial score (nSPS) is 13.0. The second kappa shape index (κ2) is 7.36. The summed E-state index contributed by atoms with van der Waals surface area (Å²) in [5.41, 5.74) is 0.867. The van der Waals surface area contributed by atoms with Crippen LogP contribution in [0.1, 0.15) is 32.4 Å². The van der Waals surface area contributed by atoms with E-state index >= 15 is 0 Å². The zero-order chi connectivity index (χ0) is 14.4. The number of rotatable bonds is 7. The molecule has 0 aromatic heterocycles. The smallest absolute Gasteiger partial charge is 0.120 e. The molecule has 1 aromatic rings. The van der Waals surface area contributed by atoms with Crippen molar-refractivity contribution in [1.82, 2.24) is 10.2 Å². The zero-order valence-corrected chi connectivity index (χ0v) is 12.6. The Morgan fingerprint density at radius 3 is 2.58 bits per heavy atom. The minimum Gasteiger partial charge on any atom is -0.508 e. The maximum Gasteiger partial charge on any atom is 0.120 e. The molecule has 108 valence electrons. The number of hydrogen-bond acceptors (Lipinski definition) is 4. The highest BCUT2D eigenvalue weighted by molar-refractivity contribution is 5.41. The zero-order valence-electron chi connectivity index (χ0n) is 12.6. The third-order valence-electron chi connectivity index (χ3n) is 3.50. The molecule has 2 N–H and O–H groups in total. The first-order valence-electron chi connectivity index (χ1n) is 6.76. The summed E-state index contributed by atoms with van der Waals surface area (Å²) in [6, 6.07) is 5.95. The number of nitrogens with zero attached hydrogens (tertiary/aromatic N) is 1. The van der Waals surface area contributed by atoms with Crippen molar-refractivity contribution in [3.05, 3.63) is 23.8 Å². The van der Waals surface area contributed by atoms with Crippen LogP contribution in [0, 0.1) is 0 Å². The van der Waals surface area contributed by atoms with Crippen molar-refractivity contribution >= 4 is 0 Å². The summed E-state index contributed by atoms with van der Waals surface area (Å²) >= 11 is 0. The predicted molar refractivity (Wildman–Crippen MR) is 78.8 cm³/mol. The van der Waals surface area contributed by atoms with Crippen molar-refractivity contribution in [3.63, 3.8) is 0 Å². The molecule has 4 nitrogen and oxygen atoms in total. The number of phenolic OH excluding ortho intramolecular Hbond substituents is 1. The Morgan fingerprint density at radius 1 is 1.32 bits per heavy atom. The molecule has 0 aliphatic carbocycles. The molecule has 1 unspecified atom stereocenters. The van der Waals surface area contributed by atoms with Gasteiger partial charge in [0, 0.05) is 30.7 Å². The topological polar surface area (TPSA) is 44.7 Å². The van der Waals surface area contributed by atoms with Crippen LogP contribution in [0.15, 0.2) is 18.2 Å². The van der Waals surface area contributed by atoms with E-state index < -0.39 is 0 Å². The van der Waals surface area contributed by atoms with Crippen molar-refractivity contribution in [3.8, 4) is 11.5 Å². The molecule has 1 rings (SSSR count). The molecule has 0 spiro atoms. The highest BCUT2D eigenvalue weighted by Crippen LogP contribution is 2.28. The van der Waals surface area contributed by atoms with E-state index in [1.807, 2.05) is 13.0 Å². The molecule has 1 aromatic carbocycles. The molecule has 0 amide bonds. The maximum atomic E-state index is 9.89. The van der Waals surface area contributed by atoms with Gasteiger partial charge in [0.15, 0.2) is 0 Å². The number of methoxy groups -OCH3 is 1. The average molecular weight is 266 g/mol.